The first-order valence-electron chi connectivity index (χ1n) is 19.4. The maximum atomic E-state index is 14.0. The summed E-state index contributed by atoms with van der Waals surface area (Å²) in [5, 5.41) is 10.3. The van der Waals surface area contributed by atoms with Gasteiger partial charge in [0.1, 0.15) is 0 Å². The number of aromatic nitrogens is 2. The third-order valence-corrected chi connectivity index (χ3v) is 11.4. The van der Waals surface area contributed by atoms with Crippen LogP contribution in [0.5, 0.6) is 11.5 Å². The van der Waals surface area contributed by atoms with E-state index in [0.29, 0.717) is 55.1 Å². The molecule has 15 heteroatoms. The highest BCUT2D eigenvalue weighted by Gasteiger charge is 2.30. The van der Waals surface area contributed by atoms with Crippen LogP contribution in [0.1, 0.15) is 80.9 Å². The number of carbonyl (C=O) groups excluding carboxylic acids is 1. The van der Waals surface area contributed by atoms with Crippen LogP contribution in [-0.2, 0) is 11.3 Å². The Morgan fingerprint density at radius 1 is 0.981 bits per heavy atom. The first-order chi connectivity index (χ1) is 26.2. The van der Waals surface area contributed by atoms with Crippen LogP contribution < -0.4 is 37.8 Å². The Kier molecular flexibility index (Phi) is 12.0. The van der Waals surface area contributed by atoms with E-state index in [9.17, 15) is 18.4 Å². The maximum Gasteiger partial charge on any atom is 0.350 e. The predicted octanol–water partition coefficient (Wildman–Crippen LogP) is 4.07. The zero-order valence-electron chi connectivity index (χ0n) is 30.7. The van der Waals surface area contributed by atoms with E-state index >= 15 is 0 Å². The van der Waals surface area contributed by atoms with Gasteiger partial charge in [-0.2, -0.15) is 4.98 Å². The second kappa shape index (κ2) is 17.2. The molecule has 1 amide bonds. The number of halogens is 2. The van der Waals surface area contributed by atoms with Crippen LogP contribution in [0.2, 0.25) is 0 Å². The normalized spacial score (nSPS) is 20.5. The van der Waals surface area contributed by atoms with E-state index in [1.54, 1.807) is 16.8 Å². The largest absolute Gasteiger partial charge is 0.450 e. The quantitative estimate of drug-likeness (QED) is 0.0810. The van der Waals surface area contributed by atoms with Crippen molar-refractivity contribution in [1.29, 1.82) is 0 Å². The molecular weight excluding hydrogens is 694 g/mol. The van der Waals surface area contributed by atoms with Gasteiger partial charge < -0.3 is 37.1 Å². The molecule has 1 aromatic heterocycles. The number of likely N-dealkylation sites (tertiary alicyclic amines) is 1. The van der Waals surface area contributed by atoms with Crippen molar-refractivity contribution in [3.05, 3.63) is 75.8 Å². The first-order valence-corrected chi connectivity index (χ1v) is 19.4. The van der Waals surface area contributed by atoms with Gasteiger partial charge in [-0.1, -0.05) is 12.1 Å². The Bertz CT molecular complexity index is 1860. The van der Waals surface area contributed by atoms with Gasteiger partial charge in [-0.3, -0.25) is 19.3 Å². The summed E-state index contributed by atoms with van der Waals surface area (Å²) in [7, 11) is 0. The number of fused-ring (bicyclic) bond motifs is 2. The lowest BCUT2D eigenvalue weighted by Crippen LogP contribution is -2.49. The molecule has 13 nitrogen and oxygen atoms in total. The van der Waals surface area contributed by atoms with Gasteiger partial charge in [0.25, 0.3) is 0 Å². The highest BCUT2D eigenvalue weighted by atomic mass is 19.2. The third kappa shape index (κ3) is 9.19. The summed E-state index contributed by atoms with van der Waals surface area (Å²) in [4.78, 5) is 39.3. The molecule has 4 heterocycles. The fraction of sp³-hybridized carbons (Fsp3) is 0.538. The van der Waals surface area contributed by atoms with Crippen LogP contribution in [0.15, 0.2) is 52.4 Å². The number of anilines is 2. The molecule has 0 unspecified atom stereocenters. The average molecular weight is 747 g/mol. The van der Waals surface area contributed by atoms with Gasteiger partial charge >= 0.3 is 5.69 Å². The van der Waals surface area contributed by atoms with Crippen molar-refractivity contribution in [2.75, 3.05) is 51.1 Å². The molecule has 290 valence electrons. The number of piperidine rings is 2. The summed E-state index contributed by atoms with van der Waals surface area (Å²) in [6, 6.07) is 10.8. The van der Waals surface area contributed by atoms with Crippen molar-refractivity contribution >= 4 is 23.4 Å². The van der Waals surface area contributed by atoms with Crippen molar-refractivity contribution in [1.82, 2.24) is 30.0 Å². The number of nitrogens with one attached hydrogen (secondary N) is 3. The molecule has 1 saturated carbocycles. The van der Waals surface area contributed by atoms with Gasteiger partial charge in [0.05, 0.1) is 18.4 Å². The SMILES string of the molecule is NC(N)=NCCCNC1CCC(n2cc3c(nc2=O)Nc2cc(C4CCN(C(=O)CN(Cc5ccc(F)c(F)c5)C5CCNCC5)CC4)ccc2O3)CC1. The molecule has 0 radical (unpaired) electrons. The molecule has 54 heavy (non-hydrogen) atoms. The fourth-order valence-corrected chi connectivity index (χ4v) is 8.36. The van der Waals surface area contributed by atoms with Crippen LogP contribution in [0, 0.1) is 11.6 Å². The number of aliphatic imine (C=N–C) groups is 1. The number of hydrogen-bond acceptors (Lipinski definition) is 9. The molecule has 4 aliphatic rings. The minimum Gasteiger partial charge on any atom is -0.450 e. The molecular formula is C39H52F2N10O3. The van der Waals surface area contributed by atoms with Crippen molar-refractivity contribution in [2.45, 2.75) is 88.4 Å². The number of benzene rings is 2. The van der Waals surface area contributed by atoms with Crippen LogP contribution in [0.25, 0.3) is 0 Å². The van der Waals surface area contributed by atoms with Gasteiger partial charge in [0.15, 0.2) is 34.9 Å². The van der Waals surface area contributed by atoms with Crippen LogP contribution in [0.3, 0.4) is 0 Å². The molecule has 2 aromatic carbocycles. The molecule has 2 saturated heterocycles. The first kappa shape index (κ1) is 37.7. The van der Waals surface area contributed by atoms with Crippen LogP contribution >= 0.6 is 0 Å². The Balaban J connectivity index is 0.921. The number of nitrogens with two attached hydrogens (primary N) is 2. The van der Waals surface area contributed by atoms with Gasteiger partial charge in [-0.15, -0.1) is 0 Å². The number of hydrogen-bond donors (Lipinski definition) is 5. The van der Waals surface area contributed by atoms with E-state index in [1.807, 2.05) is 11.0 Å². The highest BCUT2D eigenvalue weighted by molar-refractivity contribution is 5.78. The monoisotopic (exact) mass is 746 g/mol. The maximum absolute atomic E-state index is 14.0. The summed E-state index contributed by atoms with van der Waals surface area (Å²) < 4.78 is 35.6. The molecule has 7 rings (SSSR count). The summed E-state index contributed by atoms with van der Waals surface area (Å²) in [6.45, 7) is 5.08. The second-order valence-corrected chi connectivity index (χ2v) is 15.0. The Morgan fingerprint density at radius 2 is 1.76 bits per heavy atom. The van der Waals surface area contributed by atoms with E-state index in [2.05, 4.69) is 43.0 Å². The Hall–Kier alpha value is -4.60. The lowest BCUT2D eigenvalue weighted by molar-refractivity contribution is -0.134. The number of nitrogens with zero attached hydrogens (tertiary/aromatic N) is 5. The van der Waals surface area contributed by atoms with Crippen molar-refractivity contribution in [3.63, 3.8) is 0 Å². The predicted molar refractivity (Wildman–Crippen MR) is 204 cm³/mol. The number of carbonyl (C=O) groups is 1. The van der Waals surface area contributed by atoms with Gasteiger partial charge in [-0.25, -0.2) is 13.6 Å². The van der Waals surface area contributed by atoms with Crippen molar-refractivity contribution < 1.29 is 18.3 Å². The molecule has 1 aliphatic carbocycles. The van der Waals surface area contributed by atoms with Crippen molar-refractivity contribution in [3.8, 4) is 11.5 Å². The molecule has 3 aromatic rings. The van der Waals surface area contributed by atoms with Gasteiger partial charge in [0.2, 0.25) is 5.91 Å². The lowest BCUT2D eigenvalue weighted by Gasteiger charge is -2.37. The number of ether oxygens (including phenoxy) is 1. The summed E-state index contributed by atoms with van der Waals surface area (Å²) in [6.07, 6.45) is 9.76. The van der Waals surface area contributed by atoms with Crippen LogP contribution in [-0.4, -0.2) is 89.1 Å². The Morgan fingerprint density at radius 3 is 2.50 bits per heavy atom. The third-order valence-electron chi connectivity index (χ3n) is 11.4. The van der Waals surface area contributed by atoms with E-state index in [4.69, 9.17) is 16.2 Å². The van der Waals surface area contributed by atoms with Crippen molar-refractivity contribution in [2.24, 2.45) is 16.5 Å². The fourth-order valence-electron chi connectivity index (χ4n) is 8.36. The highest BCUT2D eigenvalue weighted by Crippen LogP contribution is 2.43. The molecule has 0 atom stereocenters. The number of amides is 1. The average Bonchev–Trinajstić information content (AvgIpc) is 3.18. The minimum absolute atomic E-state index is 0.0594. The molecule has 3 fully saturated rings. The Labute approximate surface area is 314 Å². The standard InChI is InChI=1S/C39H52F2N10O3/c40-31-8-2-25(20-32(31)41)22-50(29-10-16-44-17-11-29)24-36(52)49-18-12-26(13-19-49)27-3-9-34-33(21-27)47-37-35(54-34)23-51(39(53)48-37)30-6-4-28(5-7-30)45-14-1-15-46-38(42)43/h2-3,8-9,20-21,23,26,28-30,44-45H,1,4-7,10-19,22,24H2,(H4,42,43,46)(H,47,48,53). The van der Waals surface area contributed by atoms with Gasteiger partial charge in [0, 0.05) is 44.3 Å². The van der Waals surface area contributed by atoms with Crippen LogP contribution in [0.4, 0.5) is 20.3 Å². The van der Waals surface area contributed by atoms with E-state index in [1.165, 1.54) is 6.07 Å². The number of guanidine groups is 1. The smallest absolute Gasteiger partial charge is 0.350 e. The van der Waals surface area contributed by atoms with E-state index < -0.39 is 11.6 Å². The van der Waals surface area contributed by atoms with E-state index in [-0.39, 0.29) is 42.1 Å². The molecule has 0 spiro atoms. The molecule has 3 aliphatic heterocycles. The van der Waals surface area contributed by atoms with E-state index in [0.717, 1.165) is 94.7 Å². The summed E-state index contributed by atoms with van der Waals surface area (Å²) >= 11 is 0. The number of rotatable bonds is 12. The van der Waals surface area contributed by atoms with Gasteiger partial charge in [-0.05, 0) is 119 Å². The minimum atomic E-state index is -0.870. The lowest BCUT2D eigenvalue weighted by atomic mass is 9.89. The molecule has 0 bridgehead atoms. The summed E-state index contributed by atoms with van der Waals surface area (Å²) in [5.74, 6) is 0.322. The zero-order chi connectivity index (χ0) is 37.6. The topological polar surface area (TPSA) is 168 Å². The second-order valence-electron chi connectivity index (χ2n) is 15.0. The molecule has 7 N–H and O–H groups in total. The zero-order valence-corrected chi connectivity index (χ0v) is 30.7. The summed E-state index contributed by atoms with van der Waals surface area (Å²) in [5.41, 5.74) is 13.1.